The van der Waals surface area contributed by atoms with Crippen molar-refractivity contribution in [1.82, 2.24) is 14.6 Å². The summed E-state index contributed by atoms with van der Waals surface area (Å²) in [5.74, 6) is 0.337. The molecule has 0 bridgehead atoms. The van der Waals surface area contributed by atoms with Gasteiger partial charge in [-0.15, -0.1) is 4.31 Å². The number of nitrogens with one attached hydrogen (secondary N) is 2. The van der Waals surface area contributed by atoms with Crippen LogP contribution in [-0.4, -0.2) is 38.9 Å². The Bertz CT molecular complexity index is 1210. The van der Waals surface area contributed by atoms with Crippen molar-refractivity contribution >= 4 is 23.1 Å². The number of benzene rings is 2. The lowest BCUT2D eigenvalue weighted by atomic mass is 10.0. The van der Waals surface area contributed by atoms with Gasteiger partial charge in [0.25, 0.3) is 5.91 Å². The first-order valence-electron chi connectivity index (χ1n) is 11.3. The zero-order valence-electron chi connectivity index (χ0n) is 18.6. The van der Waals surface area contributed by atoms with Crippen LogP contribution in [0.1, 0.15) is 34.3 Å². The van der Waals surface area contributed by atoms with E-state index in [4.69, 9.17) is 0 Å². The topological polar surface area (TPSA) is 80.3 Å². The molecule has 1 amide bonds. The predicted octanol–water partition coefficient (Wildman–Crippen LogP) is 4.61. The van der Waals surface area contributed by atoms with Crippen molar-refractivity contribution in [3.63, 3.8) is 0 Å². The van der Waals surface area contributed by atoms with E-state index in [9.17, 15) is 22.5 Å². The summed E-state index contributed by atoms with van der Waals surface area (Å²) in [6, 6.07) is 15.7. The van der Waals surface area contributed by atoms with Crippen molar-refractivity contribution in [2.75, 3.05) is 18.4 Å². The van der Waals surface area contributed by atoms with Gasteiger partial charge < -0.3 is 15.2 Å². The van der Waals surface area contributed by atoms with Gasteiger partial charge in [-0.25, -0.2) is 4.98 Å². The zero-order valence-corrected chi connectivity index (χ0v) is 19.5. The van der Waals surface area contributed by atoms with Crippen LogP contribution in [0.3, 0.4) is 0 Å². The molecule has 5 rings (SSSR count). The molecule has 1 unspecified atom stereocenters. The lowest BCUT2D eigenvalue weighted by molar-refractivity contribution is -0.137. The first kappa shape index (κ1) is 23.7. The molecule has 1 saturated heterocycles. The fourth-order valence-corrected chi connectivity index (χ4v) is 5.54. The number of halogens is 3. The minimum atomic E-state index is -4.41. The normalized spacial score (nSPS) is 17.7. The van der Waals surface area contributed by atoms with Crippen molar-refractivity contribution in [3.05, 3.63) is 77.5 Å². The number of nitrogens with zero attached hydrogens (tertiary/aromatic N) is 2. The molecule has 35 heavy (non-hydrogen) atoms. The summed E-state index contributed by atoms with van der Waals surface area (Å²) in [7, 11) is 0. The van der Waals surface area contributed by atoms with Gasteiger partial charge >= 0.3 is 6.18 Å². The molecule has 0 radical (unpaired) electrons. The van der Waals surface area contributed by atoms with Crippen LogP contribution in [0.4, 0.5) is 19.0 Å². The van der Waals surface area contributed by atoms with Crippen LogP contribution >= 0.6 is 0 Å². The van der Waals surface area contributed by atoms with Crippen molar-refractivity contribution < 1.29 is 22.5 Å². The Morgan fingerprint density at radius 3 is 2.40 bits per heavy atom. The minimum Gasteiger partial charge on any atom is -0.593 e. The fraction of sp³-hybridized carbons (Fsp3) is 0.280. The SMILES string of the molecule is O=C1NCc2ccc(-c3ccc([S+]([O-])N4CCC(Nc5ccc(C(F)(F)F)cn5)CC4)cc3)cc21. The molecule has 2 aromatic carbocycles. The monoisotopic (exact) mass is 500 g/mol. The standard InChI is InChI=1S/C25H23F3N4O2S/c26-25(27,28)19-5-8-23(29-15-19)31-20-9-11-32(12-10-20)35(34)21-6-3-16(4-7-21)17-1-2-18-14-30-24(33)22(18)13-17/h1-8,13,15,20H,9-12,14H2,(H,29,31)(H,30,33). The number of rotatable bonds is 5. The third kappa shape index (κ3) is 5.14. The van der Waals surface area contributed by atoms with E-state index in [-0.39, 0.29) is 11.9 Å². The molecule has 1 atom stereocenters. The van der Waals surface area contributed by atoms with Crippen molar-refractivity contribution in [3.8, 4) is 11.1 Å². The molecule has 182 valence electrons. The maximum Gasteiger partial charge on any atom is 0.417 e. The summed E-state index contributed by atoms with van der Waals surface area (Å²) in [6.45, 7) is 1.73. The largest absolute Gasteiger partial charge is 0.593 e. The molecule has 3 aromatic rings. The number of amides is 1. The Balaban J connectivity index is 1.17. The summed E-state index contributed by atoms with van der Waals surface area (Å²) in [6.07, 6.45) is -2.18. The quantitative estimate of drug-likeness (QED) is 0.500. The molecule has 10 heteroatoms. The predicted molar refractivity (Wildman–Crippen MR) is 127 cm³/mol. The highest BCUT2D eigenvalue weighted by molar-refractivity contribution is 7.89. The second-order valence-corrected chi connectivity index (χ2v) is 10.1. The maximum absolute atomic E-state index is 13.1. The number of fused-ring (bicyclic) bond motifs is 1. The van der Waals surface area contributed by atoms with Crippen LogP contribution in [0.2, 0.25) is 0 Å². The Kier molecular flexibility index (Phi) is 6.43. The smallest absolute Gasteiger partial charge is 0.417 e. The number of aromatic nitrogens is 1. The molecule has 1 aromatic heterocycles. The molecule has 0 aliphatic carbocycles. The fourth-order valence-electron chi connectivity index (χ4n) is 4.33. The number of hydrogen-bond acceptors (Lipinski definition) is 5. The average molecular weight is 501 g/mol. The van der Waals surface area contributed by atoms with E-state index in [1.54, 1.807) is 0 Å². The molecule has 1 fully saturated rings. The summed E-state index contributed by atoms with van der Waals surface area (Å²) in [5.41, 5.74) is 2.78. The number of carbonyl (C=O) groups is 1. The molecule has 0 spiro atoms. The Morgan fingerprint density at radius 2 is 1.74 bits per heavy atom. The zero-order chi connectivity index (χ0) is 24.6. The second-order valence-electron chi connectivity index (χ2n) is 8.61. The third-order valence-corrected chi connectivity index (χ3v) is 7.82. The maximum atomic E-state index is 13.1. The first-order chi connectivity index (χ1) is 16.8. The molecule has 0 saturated carbocycles. The minimum absolute atomic E-state index is 0.0480. The molecular formula is C25H23F3N4O2S. The molecular weight excluding hydrogens is 477 g/mol. The van der Waals surface area contributed by atoms with E-state index in [0.29, 0.717) is 48.8 Å². The molecule has 6 nitrogen and oxygen atoms in total. The van der Waals surface area contributed by atoms with E-state index in [2.05, 4.69) is 15.6 Å². The van der Waals surface area contributed by atoms with Gasteiger partial charge in [0.2, 0.25) is 0 Å². The van der Waals surface area contributed by atoms with Gasteiger partial charge in [-0.2, -0.15) is 13.2 Å². The Hall–Kier alpha value is -3.08. The number of piperidine rings is 1. The second kappa shape index (κ2) is 9.52. The van der Waals surface area contributed by atoms with Gasteiger partial charge in [-0.1, -0.05) is 12.1 Å². The number of hydrogen-bond donors (Lipinski definition) is 2. The van der Waals surface area contributed by atoms with Gasteiger partial charge in [0.1, 0.15) is 5.82 Å². The number of pyridine rings is 1. The molecule has 3 heterocycles. The number of alkyl halides is 3. The van der Waals surface area contributed by atoms with Crippen molar-refractivity contribution in [1.29, 1.82) is 0 Å². The highest BCUT2D eigenvalue weighted by Crippen LogP contribution is 2.30. The van der Waals surface area contributed by atoms with Crippen LogP contribution in [0.25, 0.3) is 11.1 Å². The Labute approximate surface area is 203 Å². The van der Waals surface area contributed by atoms with Gasteiger partial charge in [-0.05, 0) is 72.0 Å². The van der Waals surface area contributed by atoms with E-state index in [1.807, 2.05) is 46.8 Å². The summed E-state index contributed by atoms with van der Waals surface area (Å²) >= 11 is -1.31. The molecule has 2 aliphatic rings. The van der Waals surface area contributed by atoms with Crippen molar-refractivity contribution in [2.45, 2.75) is 36.5 Å². The van der Waals surface area contributed by atoms with E-state index < -0.39 is 23.1 Å². The van der Waals surface area contributed by atoms with Crippen LogP contribution < -0.4 is 10.6 Å². The summed E-state index contributed by atoms with van der Waals surface area (Å²) in [5, 5.41) is 5.99. The molecule has 2 N–H and O–H groups in total. The Morgan fingerprint density at radius 1 is 1.03 bits per heavy atom. The highest BCUT2D eigenvalue weighted by atomic mass is 32.2. The van der Waals surface area contributed by atoms with Crippen molar-refractivity contribution in [2.24, 2.45) is 0 Å². The lowest BCUT2D eigenvalue weighted by Gasteiger charge is -2.32. The third-order valence-electron chi connectivity index (χ3n) is 6.31. The van der Waals surface area contributed by atoms with Crippen LogP contribution in [0, 0.1) is 0 Å². The summed E-state index contributed by atoms with van der Waals surface area (Å²) in [4.78, 5) is 16.5. The number of anilines is 1. The average Bonchev–Trinajstić information content (AvgIpc) is 3.24. The van der Waals surface area contributed by atoms with E-state index in [1.165, 1.54) is 6.07 Å². The van der Waals surface area contributed by atoms with Crippen LogP contribution in [-0.2, 0) is 24.1 Å². The van der Waals surface area contributed by atoms with E-state index in [0.717, 1.165) is 29.0 Å². The highest BCUT2D eigenvalue weighted by Gasteiger charge is 2.31. The van der Waals surface area contributed by atoms with Crippen LogP contribution in [0.5, 0.6) is 0 Å². The lowest BCUT2D eigenvalue weighted by Crippen LogP contribution is -2.42. The van der Waals surface area contributed by atoms with Gasteiger partial charge in [0, 0.05) is 37.4 Å². The van der Waals surface area contributed by atoms with Gasteiger partial charge in [0.15, 0.2) is 4.90 Å². The van der Waals surface area contributed by atoms with Gasteiger partial charge in [0.05, 0.1) is 16.9 Å². The number of carbonyl (C=O) groups excluding carboxylic acids is 1. The first-order valence-corrected chi connectivity index (χ1v) is 12.4. The van der Waals surface area contributed by atoms with Gasteiger partial charge in [-0.3, -0.25) is 4.79 Å². The molecule has 2 aliphatic heterocycles. The van der Waals surface area contributed by atoms with E-state index >= 15 is 0 Å². The summed E-state index contributed by atoms with van der Waals surface area (Å²) < 4.78 is 53.1. The van der Waals surface area contributed by atoms with Crippen LogP contribution in [0.15, 0.2) is 65.7 Å².